The zero-order chi connectivity index (χ0) is 20.3. The lowest BCUT2D eigenvalue weighted by atomic mass is 10.1. The maximum absolute atomic E-state index is 12.4. The van der Waals surface area contributed by atoms with Gasteiger partial charge in [0.1, 0.15) is 11.5 Å². The molecule has 28 heavy (non-hydrogen) atoms. The van der Waals surface area contributed by atoms with Crippen molar-refractivity contribution in [3.63, 3.8) is 0 Å². The largest absolute Gasteiger partial charge is 0.382 e. The van der Waals surface area contributed by atoms with E-state index in [-0.39, 0.29) is 18.0 Å². The molecule has 0 spiro atoms. The van der Waals surface area contributed by atoms with E-state index in [1.54, 1.807) is 30.6 Å². The predicted molar refractivity (Wildman–Crippen MR) is 109 cm³/mol. The third-order valence-electron chi connectivity index (χ3n) is 4.20. The Bertz CT molecular complexity index is 1120. The predicted octanol–water partition coefficient (Wildman–Crippen LogP) is 1.64. The minimum absolute atomic E-state index is 0.140. The minimum atomic E-state index is -3.66. The number of sulfonamides is 1. The first-order valence-electron chi connectivity index (χ1n) is 8.68. The summed E-state index contributed by atoms with van der Waals surface area (Å²) in [5.41, 5.74) is 15.6. The number of benzene rings is 1. The molecule has 8 nitrogen and oxygen atoms in total. The van der Waals surface area contributed by atoms with Crippen molar-refractivity contribution in [3.05, 3.63) is 54.0 Å². The molecule has 0 aliphatic rings. The van der Waals surface area contributed by atoms with Crippen LogP contribution in [0.5, 0.6) is 0 Å². The van der Waals surface area contributed by atoms with Gasteiger partial charge in [0.15, 0.2) is 0 Å². The van der Waals surface area contributed by atoms with Gasteiger partial charge in [0.2, 0.25) is 10.0 Å². The van der Waals surface area contributed by atoms with Crippen LogP contribution in [0.4, 0.5) is 5.82 Å². The monoisotopic (exact) mass is 398 g/mol. The summed E-state index contributed by atoms with van der Waals surface area (Å²) >= 11 is 0. The first-order valence-corrected chi connectivity index (χ1v) is 10.2. The lowest BCUT2D eigenvalue weighted by molar-refractivity contribution is 0.582. The first kappa shape index (κ1) is 19.9. The summed E-state index contributed by atoms with van der Waals surface area (Å²) in [5.74, 6) is 0.292. The molecule has 0 radical (unpaired) electrons. The summed E-state index contributed by atoms with van der Waals surface area (Å²) in [6.07, 6.45) is 3.22. The van der Waals surface area contributed by atoms with Gasteiger partial charge in [-0.25, -0.2) is 23.1 Å². The molecule has 9 heteroatoms. The molecule has 5 N–H and O–H groups in total. The Hall–Kier alpha value is -2.88. The van der Waals surface area contributed by atoms with Crippen LogP contribution in [0.3, 0.4) is 0 Å². The van der Waals surface area contributed by atoms with Crippen LogP contribution >= 0.6 is 0 Å². The lowest BCUT2D eigenvalue weighted by Crippen LogP contribution is -2.29. The van der Waals surface area contributed by atoms with Crippen molar-refractivity contribution in [3.8, 4) is 22.5 Å². The number of nitrogen functional groups attached to an aromatic ring is 1. The van der Waals surface area contributed by atoms with E-state index < -0.39 is 10.0 Å². The summed E-state index contributed by atoms with van der Waals surface area (Å²) < 4.78 is 27.3. The topological polar surface area (TPSA) is 137 Å². The maximum atomic E-state index is 12.4. The summed E-state index contributed by atoms with van der Waals surface area (Å²) in [6.45, 7) is 4.14. The highest BCUT2D eigenvalue weighted by molar-refractivity contribution is 7.89. The second kappa shape index (κ2) is 8.01. The fraction of sp³-hybridized carbons (Fsp3) is 0.211. The van der Waals surface area contributed by atoms with Crippen molar-refractivity contribution in [1.29, 1.82) is 0 Å². The zero-order valence-electron chi connectivity index (χ0n) is 15.7. The molecule has 3 rings (SSSR count). The van der Waals surface area contributed by atoms with Crippen LogP contribution < -0.4 is 16.2 Å². The standard InChI is InChI=1S/C19H22N6O2S/c1-12-3-4-15(28(26,27)24-8-6-20)10-16(12)17-11-23-19(21)18(25-17)14-5-7-22-13(2)9-14/h3-5,7,9-11,24H,6,8,20H2,1-2H3,(H2,21,23). The molecule has 2 aromatic heterocycles. The second-order valence-electron chi connectivity index (χ2n) is 6.34. The number of nitrogens with two attached hydrogens (primary N) is 2. The van der Waals surface area contributed by atoms with Crippen molar-refractivity contribution >= 4 is 15.8 Å². The van der Waals surface area contributed by atoms with E-state index in [1.165, 1.54) is 0 Å². The van der Waals surface area contributed by atoms with E-state index in [4.69, 9.17) is 11.5 Å². The molecule has 146 valence electrons. The van der Waals surface area contributed by atoms with Crippen molar-refractivity contribution in [2.24, 2.45) is 5.73 Å². The molecule has 0 unspecified atom stereocenters. The molecular formula is C19H22N6O2S. The van der Waals surface area contributed by atoms with Crippen molar-refractivity contribution in [2.75, 3.05) is 18.8 Å². The number of nitrogens with zero attached hydrogens (tertiary/aromatic N) is 3. The van der Waals surface area contributed by atoms with Gasteiger partial charge in [-0.15, -0.1) is 0 Å². The second-order valence-corrected chi connectivity index (χ2v) is 8.11. The van der Waals surface area contributed by atoms with Gasteiger partial charge in [-0.1, -0.05) is 6.07 Å². The molecule has 0 amide bonds. The van der Waals surface area contributed by atoms with Gasteiger partial charge in [0.25, 0.3) is 0 Å². The van der Waals surface area contributed by atoms with Gasteiger partial charge in [-0.3, -0.25) is 4.98 Å². The van der Waals surface area contributed by atoms with Gasteiger partial charge in [-0.2, -0.15) is 0 Å². The summed E-state index contributed by atoms with van der Waals surface area (Å²) in [5, 5.41) is 0. The third-order valence-corrected chi connectivity index (χ3v) is 5.66. The molecule has 3 aromatic rings. The number of aromatic nitrogens is 3. The number of rotatable bonds is 6. The summed E-state index contributed by atoms with van der Waals surface area (Å²) in [7, 11) is -3.66. The number of hydrogen-bond donors (Lipinski definition) is 3. The Morgan fingerprint density at radius 2 is 1.89 bits per heavy atom. The SMILES string of the molecule is Cc1cc(-c2nc(-c3cc(S(=O)(=O)NCCN)ccc3C)cnc2N)ccn1. The van der Waals surface area contributed by atoms with Crippen molar-refractivity contribution in [2.45, 2.75) is 18.7 Å². The van der Waals surface area contributed by atoms with Crippen LogP contribution in [-0.2, 0) is 10.0 Å². The van der Waals surface area contributed by atoms with E-state index in [9.17, 15) is 8.42 Å². The summed E-state index contributed by atoms with van der Waals surface area (Å²) in [6, 6.07) is 8.54. The number of anilines is 1. The number of hydrogen-bond acceptors (Lipinski definition) is 7. The van der Waals surface area contributed by atoms with Crippen LogP contribution in [0, 0.1) is 13.8 Å². The highest BCUT2D eigenvalue weighted by atomic mass is 32.2. The van der Waals surface area contributed by atoms with Crippen LogP contribution in [0.25, 0.3) is 22.5 Å². The third kappa shape index (κ3) is 4.16. The number of nitrogens with one attached hydrogen (secondary N) is 1. The lowest BCUT2D eigenvalue weighted by Gasteiger charge is -2.12. The van der Waals surface area contributed by atoms with Crippen LogP contribution in [0.1, 0.15) is 11.3 Å². The number of aryl methyl sites for hydroxylation is 2. The fourth-order valence-corrected chi connectivity index (χ4v) is 3.83. The average molecular weight is 398 g/mol. The smallest absolute Gasteiger partial charge is 0.240 e. The maximum Gasteiger partial charge on any atom is 0.240 e. The molecular weight excluding hydrogens is 376 g/mol. The van der Waals surface area contributed by atoms with E-state index in [2.05, 4.69) is 19.7 Å². The van der Waals surface area contributed by atoms with Crippen LogP contribution in [0.2, 0.25) is 0 Å². The molecule has 0 saturated carbocycles. The van der Waals surface area contributed by atoms with E-state index in [0.29, 0.717) is 22.8 Å². The van der Waals surface area contributed by atoms with Gasteiger partial charge in [-0.05, 0) is 43.7 Å². The molecule has 0 aliphatic carbocycles. The Balaban J connectivity index is 2.09. The zero-order valence-corrected chi connectivity index (χ0v) is 16.5. The Labute approximate surface area is 164 Å². The highest BCUT2D eigenvalue weighted by Crippen LogP contribution is 2.29. The quantitative estimate of drug-likeness (QED) is 0.574. The van der Waals surface area contributed by atoms with Crippen molar-refractivity contribution < 1.29 is 8.42 Å². The molecule has 0 atom stereocenters. The molecule has 0 fully saturated rings. The van der Waals surface area contributed by atoms with Crippen LogP contribution in [0.15, 0.2) is 47.6 Å². The van der Waals surface area contributed by atoms with Gasteiger partial charge >= 0.3 is 0 Å². The van der Waals surface area contributed by atoms with E-state index >= 15 is 0 Å². The van der Waals surface area contributed by atoms with Gasteiger partial charge < -0.3 is 11.5 Å². The van der Waals surface area contributed by atoms with E-state index in [0.717, 1.165) is 16.8 Å². The van der Waals surface area contributed by atoms with Crippen LogP contribution in [-0.4, -0.2) is 36.5 Å². The Morgan fingerprint density at radius 3 is 2.61 bits per heavy atom. The Kier molecular flexibility index (Phi) is 5.68. The fourth-order valence-electron chi connectivity index (χ4n) is 2.75. The molecule has 0 aliphatic heterocycles. The van der Waals surface area contributed by atoms with Gasteiger partial charge in [0, 0.05) is 36.1 Å². The molecule has 1 aromatic carbocycles. The minimum Gasteiger partial charge on any atom is -0.382 e. The molecule has 2 heterocycles. The molecule has 0 bridgehead atoms. The average Bonchev–Trinajstić information content (AvgIpc) is 2.67. The highest BCUT2D eigenvalue weighted by Gasteiger charge is 2.17. The van der Waals surface area contributed by atoms with Gasteiger partial charge in [0.05, 0.1) is 16.8 Å². The first-order chi connectivity index (χ1) is 13.3. The molecule has 0 saturated heterocycles. The van der Waals surface area contributed by atoms with Crippen molar-refractivity contribution in [1.82, 2.24) is 19.7 Å². The summed E-state index contributed by atoms with van der Waals surface area (Å²) in [4.78, 5) is 13.2. The van der Waals surface area contributed by atoms with E-state index in [1.807, 2.05) is 26.0 Å². The normalized spacial score (nSPS) is 11.5. The number of pyridine rings is 1. The Morgan fingerprint density at radius 1 is 1.11 bits per heavy atom.